The fourth-order valence-electron chi connectivity index (χ4n) is 2.08. The van der Waals surface area contributed by atoms with Crippen molar-refractivity contribution < 1.29 is 0 Å². The van der Waals surface area contributed by atoms with Gasteiger partial charge in [0, 0.05) is 19.5 Å². The zero-order valence-corrected chi connectivity index (χ0v) is 11.0. The van der Waals surface area contributed by atoms with E-state index >= 15 is 0 Å². The number of halogens is 1. The lowest BCUT2D eigenvalue weighted by atomic mass is 10.1. The van der Waals surface area contributed by atoms with Gasteiger partial charge in [0.1, 0.15) is 5.82 Å². The number of rotatable bonds is 4. The lowest BCUT2D eigenvalue weighted by Gasteiger charge is -2.05. The van der Waals surface area contributed by atoms with Gasteiger partial charge in [-0.25, -0.2) is 4.98 Å². The number of hydrogen-bond acceptors (Lipinski definition) is 2. The molecule has 2 aromatic rings. The molecular weight excluding hydrogens is 234 g/mol. The predicted molar refractivity (Wildman–Crippen MR) is 72.3 cm³/mol. The van der Waals surface area contributed by atoms with Gasteiger partial charge in [0.2, 0.25) is 0 Å². The second-order valence-corrected chi connectivity index (χ2v) is 4.97. The zero-order chi connectivity index (χ0) is 12.4. The van der Waals surface area contributed by atoms with Crippen LogP contribution in [0.25, 0.3) is 11.0 Å². The van der Waals surface area contributed by atoms with E-state index in [-0.39, 0.29) is 6.04 Å². The van der Waals surface area contributed by atoms with Crippen molar-refractivity contribution in [1.29, 1.82) is 0 Å². The third kappa shape index (κ3) is 2.61. The number of nitrogens with two attached hydrogens (primary N) is 1. The first-order chi connectivity index (χ1) is 8.09. The van der Waals surface area contributed by atoms with Gasteiger partial charge in [-0.3, -0.25) is 0 Å². The van der Waals surface area contributed by atoms with Crippen LogP contribution in [-0.4, -0.2) is 15.6 Å². The Labute approximate surface area is 107 Å². The van der Waals surface area contributed by atoms with E-state index in [2.05, 4.69) is 9.55 Å². The summed E-state index contributed by atoms with van der Waals surface area (Å²) in [4.78, 5) is 4.61. The molecule has 0 saturated carbocycles. The number of hydrogen-bond donors (Lipinski definition) is 1. The van der Waals surface area contributed by atoms with Gasteiger partial charge in [0.15, 0.2) is 0 Å². The van der Waals surface area contributed by atoms with Crippen LogP contribution in [0.1, 0.15) is 25.6 Å². The van der Waals surface area contributed by atoms with Gasteiger partial charge in [-0.2, -0.15) is 0 Å². The highest BCUT2D eigenvalue weighted by Gasteiger charge is 2.10. The smallest absolute Gasteiger partial charge is 0.109 e. The molecule has 1 atom stereocenters. The molecule has 17 heavy (non-hydrogen) atoms. The van der Waals surface area contributed by atoms with Crippen molar-refractivity contribution in [1.82, 2.24) is 9.55 Å². The van der Waals surface area contributed by atoms with E-state index in [9.17, 15) is 0 Å². The summed E-state index contributed by atoms with van der Waals surface area (Å²) in [6, 6.07) is 6.09. The van der Waals surface area contributed by atoms with E-state index in [1.807, 2.05) is 32.2 Å². The highest BCUT2D eigenvalue weighted by atomic mass is 35.5. The Balaban J connectivity index is 2.24. The SMILES string of the molecule is CC(N)CCCc1nc2cccc(Cl)c2n1C. The molecule has 2 N–H and O–H groups in total. The van der Waals surface area contributed by atoms with E-state index in [1.54, 1.807) is 0 Å². The quantitative estimate of drug-likeness (QED) is 0.908. The molecule has 1 heterocycles. The van der Waals surface area contributed by atoms with Crippen LogP contribution in [-0.2, 0) is 13.5 Å². The number of fused-ring (bicyclic) bond motifs is 1. The average molecular weight is 252 g/mol. The van der Waals surface area contributed by atoms with Crippen molar-refractivity contribution in [3.8, 4) is 0 Å². The lowest BCUT2D eigenvalue weighted by Crippen LogP contribution is -2.14. The third-order valence-electron chi connectivity index (χ3n) is 3.00. The molecule has 0 saturated heterocycles. The number of imidazole rings is 1. The summed E-state index contributed by atoms with van der Waals surface area (Å²) in [5, 5.41) is 0.760. The highest BCUT2D eigenvalue weighted by Crippen LogP contribution is 2.24. The maximum atomic E-state index is 6.18. The number of para-hydroxylation sites is 1. The van der Waals surface area contributed by atoms with Gasteiger partial charge in [-0.15, -0.1) is 0 Å². The summed E-state index contributed by atoms with van der Waals surface area (Å²) in [5.41, 5.74) is 7.73. The normalized spacial score (nSPS) is 13.2. The molecule has 2 rings (SSSR count). The van der Waals surface area contributed by atoms with Gasteiger partial charge in [0.05, 0.1) is 16.1 Å². The van der Waals surface area contributed by atoms with E-state index in [0.717, 1.165) is 41.1 Å². The topological polar surface area (TPSA) is 43.8 Å². The number of benzene rings is 1. The van der Waals surface area contributed by atoms with Crippen LogP contribution in [0.5, 0.6) is 0 Å². The van der Waals surface area contributed by atoms with Gasteiger partial charge in [-0.1, -0.05) is 17.7 Å². The van der Waals surface area contributed by atoms with Crippen LogP contribution in [0.3, 0.4) is 0 Å². The van der Waals surface area contributed by atoms with Crippen LogP contribution in [0.15, 0.2) is 18.2 Å². The van der Waals surface area contributed by atoms with E-state index in [4.69, 9.17) is 17.3 Å². The van der Waals surface area contributed by atoms with Crippen LogP contribution in [0.2, 0.25) is 5.02 Å². The summed E-state index contributed by atoms with van der Waals surface area (Å²) in [6.07, 6.45) is 3.03. The Morgan fingerprint density at radius 2 is 2.24 bits per heavy atom. The Bertz CT molecular complexity index is 517. The summed E-state index contributed by atoms with van der Waals surface area (Å²) in [7, 11) is 2.02. The molecule has 0 amide bonds. The molecule has 0 spiro atoms. The van der Waals surface area contributed by atoms with Crippen molar-refractivity contribution in [3.05, 3.63) is 29.0 Å². The fraction of sp³-hybridized carbons (Fsp3) is 0.462. The molecule has 1 aromatic carbocycles. The van der Waals surface area contributed by atoms with Crippen LogP contribution in [0, 0.1) is 0 Å². The van der Waals surface area contributed by atoms with E-state index < -0.39 is 0 Å². The van der Waals surface area contributed by atoms with Crippen molar-refractivity contribution in [2.24, 2.45) is 12.8 Å². The van der Waals surface area contributed by atoms with E-state index in [0.29, 0.717) is 0 Å². The zero-order valence-electron chi connectivity index (χ0n) is 10.3. The maximum absolute atomic E-state index is 6.18. The number of aromatic nitrogens is 2. The second kappa shape index (κ2) is 5.07. The van der Waals surface area contributed by atoms with Crippen molar-refractivity contribution >= 4 is 22.6 Å². The lowest BCUT2D eigenvalue weighted by molar-refractivity contribution is 0.607. The molecule has 0 aliphatic rings. The Morgan fingerprint density at radius 3 is 2.88 bits per heavy atom. The Kier molecular flexibility index (Phi) is 3.69. The largest absolute Gasteiger partial charge is 0.330 e. The predicted octanol–water partition coefficient (Wildman–Crippen LogP) is 2.90. The summed E-state index contributed by atoms with van der Waals surface area (Å²) < 4.78 is 2.08. The van der Waals surface area contributed by atoms with Gasteiger partial charge < -0.3 is 10.3 Å². The minimum absolute atomic E-state index is 0.258. The molecular formula is C13H18ClN3. The Morgan fingerprint density at radius 1 is 1.47 bits per heavy atom. The minimum atomic E-state index is 0.258. The first kappa shape index (κ1) is 12.4. The molecule has 0 aliphatic heterocycles. The monoisotopic (exact) mass is 251 g/mol. The molecule has 1 aromatic heterocycles. The fourth-order valence-corrected chi connectivity index (χ4v) is 2.37. The molecule has 0 aliphatic carbocycles. The van der Waals surface area contributed by atoms with E-state index in [1.165, 1.54) is 0 Å². The highest BCUT2D eigenvalue weighted by molar-refractivity contribution is 6.35. The average Bonchev–Trinajstić information content (AvgIpc) is 2.57. The Hall–Kier alpha value is -1.06. The number of aryl methyl sites for hydroxylation is 2. The van der Waals surface area contributed by atoms with Crippen LogP contribution < -0.4 is 5.73 Å². The molecule has 92 valence electrons. The third-order valence-corrected chi connectivity index (χ3v) is 3.30. The van der Waals surface area contributed by atoms with Crippen molar-refractivity contribution in [3.63, 3.8) is 0 Å². The van der Waals surface area contributed by atoms with Gasteiger partial charge in [-0.05, 0) is 31.9 Å². The minimum Gasteiger partial charge on any atom is -0.330 e. The van der Waals surface area contributed by atoms with Crippen molar-refractivity contribution in [2.45, 2.75) is 32.2 Å². The summed E-state index contributed by atoms with van der Waals surface area (Å²) in [5.74, 6) is 1.08. The first-order valence-corrected chi connectivity index (χ1v) is 6.33. The summed E-state index contributed by atoms with van der Waals surface area (Å²) >= 11 is 6.18. The molecule has 3 nitrogen and oxygen atoms in total. The molecule has 0 fully saturated rings. The van der Waals surface area contributed by atoms with Gasteiger partial charge in [0.25, 0.3) is 0 Å². The van der Waals surface area contributed by atoms with Crippen molar-refractivity contribution in [2.75, 3.05) is 0 Å². The first-order valence-electron chi connectivity index (χ1n) is 5.95. The number of nitrogens with zero attached hydrogens (tertiary/aromatic N) is 2. The second-order valence-electron chi connectivity index (χ2n) is 4.56. The molecule has 0 bridgehead atoms. The molecule has 4 heteroatoms. The van der Waals surface area contributed by atoms with Crippen LogP contribution >= 0.6 is 11.6 Å². The van der Waals surface area contributed by atoms with Crippen LogP contribution in [0.4, 0.5) is 0 Å². The molecule has 1 unspecified atom stereocenters. The molecule has 0 radical (unpaired) electrons. The summed E-state index contributed by atoms with van der Waals surface area (Å²) in [6.45, 7) is 2.03. The standard InChI is InChI=1S/C13H18ClN3/c1-9(15)5-3-8-12-16-11-7-4-6-10(14)13(11)17(12)2/h4,6-7,9H,3,5,8,15H2,1-2H3. The maximum Gasteiger partial charge on any atom is 0.109 e. The van der Waals surface area contributed by atoms with Gasteiger partial charge >= 0.3 is 0 Å².